The van der Waals surface area contributed by atoms with E-state index in [1.807, 2.05) is 24.4 Å². The molecule has 0 spiro atoms. The summed E-state index contributed by atoms with van der Waals surface area (Å²) in [6.07, 6.45) is 5.49. The second-order valence-electron chi connectivity index (χ2n) is 8.99. The number of aromatic nitrogens is 2. The maximum atomic E-state index is 12.4. The zero-order valence-corrected chi connectivity index (χ0v) is 18.1. The molecule has 1 saturated carbocycles. The lowest BCUT2D eigenvalue weighted by atomic mass is 9.84. The summed E-state index contributed by atoms with van der Waals surface area (Å²) in [7, 11) is -3.30. The van der Waals surface area contributed by atoms with Gasteiger partial charge in [0.05, 0.1) is 16.0 Å². The number of benzene rings is 1. The lowest BCUT2D eigenvalue weighted by Crippen LogP contribution is -2.45. The van der Waals surface area contributed by atoms with Gasteiger partial charge >= 0.3 is 0 Å². The van der Waals surface area contributed by atoms with Crippen LogP contribution in [-0.4, -0.2) is 29.2 Å². The number of nitrogens with one attached hydrogen (secondary N) is 2. The molecule has 2 heterocycles. The zero-order valence-electron chi connectivity index (χ0n) is 17.3. The predicted octanol–water partition coefficient (Wildman–Crippen LogP) is 4.97. The number of fused-ring (bicyclic) bond motifs is 1. The largest absolute Gasteiger partial charge is 0.358 e. The summed E-state index contributed by atoms with van der Waals surface area (Å²) in [5.74, 6) is 0.425. The van der Waals surface area contributed by atoms with Crippen molar-refractivity contribution in [1.29, 1.82) is 0 Å². The number of H-pyrrole nitrogens is 1. The van der Waals surface area contributed by atoms with E-state index in [-0.39, 0.29) is 6.04 Å². The molecule has 29 heavy (non-hydrogen) atoms. The van der Waals surface area contributed by atoms with Gasteiger partial charge in [-0.2, -0.15) is 0 Å². The molecule has 6 heteroatoms. The Labute approximate surface area is 173 Å². The summed E-state index contributed by atoms with van der Waals surface area (Å²) in [6.45, 7) is 5.22. The van der Waals surface area contributed by atoms with Gasteiger partial charge in [0.25, 0.3) is 0 Å². The fourth-order valence-corrected chi connectivity index (χ4v) is 5.08. The van der Waals surface area contributed by atoms with Gasteiger partial charge in [0.2, 0.25) is 10.0 Å². The van der Waals surface area contributed by atoms with Crippen LogP contribution in [0.1, 0.15) is 58.1 Å². The van der Waals surface area contributed by atoms with Gasteiger partial charge in [-0.15, -0.1) is 0 Å². The second-order valence-corrected chi connectivity index (χ2v) is 11.5. The molecular formula is C23H29N3O2S. The maximum absolute atomic E-state index is 12.4. The third-order valence-electron chi connectivity index (χ3n) is 5.91. The highest BCUT2D eigenvalue weighted by atomic mass is 32.2. The normalized spacial score (nSPS) is 20.8. The van der Waals surface area contributed by atoms with E-state index in [0.29, 0.717) is 5.92 Å². The molecule has 1 aliphatic carbocycles. The van der Waals surface area contributed by atoms with Crippen molar-refractivity contribution in [2.24, 2.45) is 0 Å². The average Bonchev–Trinajstić information content (AvgIpc) is 3.12. The van der Waals surface area contributed by atoms with Crippen LogP contribution in [-0.2, 0) is 10.0 Å². The number of pyridine rings is 1. The minimum atomic E-state index is -3.30. The zero-order chi connectivity index (χ0) is 20.6. The number of rotatable bonds is 4. The monoisotopic (exact) mass is 411 g/mol. The topological polar surface area (TPSA) is 74.8 Å². The molecule has 0 atom stereocenters. The first-order chi connectivity index (χ1) is 13.7. The van der Waals surface area contributed by atoms with E-state index < -0.39 is 14.8 Å². The van der Waals surface area contributed by atoms with E-state index in [4.69, 9.17) is 0 Å². The highest BCUT2D eigenvalue weighted by Crippen LogP contribution is 2.36. The number of aromatic amines is 1. The van der Waals surface area contributed by atoms with Gasteiger partial charge in [-0.05, 0) is 70.6 Å². The van der Waals surface area contributed by atoms with Crippen molar-refractivity contribution in [3.05, 3.63) is 54.4 Å². The molecule has 1 aromatic carbocycles. The minimum Gasteiger partial charge on any atom is -0.358 e. The van der Waals surface area contributed by atoms with Crippen LogP contribution in [0.2, 0.25) is 0 Å². The molecule has 0 radical (unpaired) electrons. The fraction of sp³-hybridized carbons (Fsp3) is 0.435. The Kier molecular flexibility index (Phi) is 5.25. The molecule has 0 unspecified atom stereocenters. The van der Waals surface area contributed by atoms with E-state index in [1.165, 1.54) is 11.1 Å². The molecule has 5 nitrogen and oxygen atoms in total. The average molecular weight is 412 g/mol. The van der Waals surface area contributed by atoms with Gasteiger partial charge in [0, 0.05) is 28.9 Å². The van der Waals surface area contributed by atoms with Gasteiger partial charge in [-0.1, -0.05) is 24.3 Å². The Bertz CT molecular complexity index is 1090. The molecule has 0 amide bonds. The highest BCUT2D eigenvalue weighted by molar-refractivity contribution is 7.90. The van der Waals surface area contributed by atoms with Crippen LogP contribution in [0.15, 0.2) is 48.7 Å². The molecule has 2 N–H and O–H groups in total. The van der Waals surface area contributed by atoms with Crippen LogP contribution in [0.4, 0.5) is 0 Å². The van der Waals surface area contributed by atoms with Crippen LogP contribution in [0.25, 0.3) is 22.2 Å². The van der Waals surface area contributed by atoms with Crippen molar-refractivity contribution in [2.75, 3.05) is 0 Å². The van der Waals surface area contributed by atoms with Crippen LogP contribution >= 0.6 is 0 Å². The van der Waals surface area contributed by atoms with Gasteiger partial charge in [-0.25, -0.2) is 13.1 Å². The Morgan fingerprint density at radius 2 is 1.79 bits per heavy atom. The van der Waals surface area contributed by atoms with Gasteiger partial charge in [0.1, 0.15) is 0 Å². The molecule has 4 rings (SSSR count). The van der Waals surface area contributed by atoms with E-state index >= 15 is 0 Å². The third kappa shape index (κ3) is 4.09. The SMILES string of the molecule is CC(C)(C)S(=O)(=O)N[C@H]1CC[C@H](c2cc3cccc(-c4ccccn4)c3[nH]2)CC1. The minimum absolute atomic E-state index is 0.0314. The van der Waals surface area contributed by atoms with Crippen LogP contribution < -0.4 is 4.72 Å². The number of sulfonamides is 1. The smallest absolute Gasteiger partial charge is 0.216 e. The van der Waals surface area contributed by atoms with Crippen LogP contribution in [0.5, 0.6) is 0 Å². The molecule has 0 bridgehead atoms. The Hall–Kier alpha value is -2.18. The second kappa shape index (κ2) is 7.58. The molecule has 0 saturated heterocycles. The fourth-order valence-electron chi connectivity index (χ4n) is 4.05. The summed E-state index contributed by atoms with van der Waals surface area (Å²) >= 11 is 0. The first-order valence-electron chi connectivity index (χ1n) is 10.3. The number of para-hydroxylation sites is 1. The molecule has 3 aromatic rings. The van der Waals surface area contributed by atoms with E-state index in [2.05, 4.69) is 39.0 Å². The molecular weight excluding hydrogens is 382 g/mol. The highest BCUT2D eigenvalue weighted by Gasteiger charge is 2.33. The molecule has 1 fully saturated rings. The number of hydrogen-bond acceptors (Lipinski definition) is 3. The lowest BCUT2D eigenvalue weighted by Gasteiger charge is -2.31. The van der Waals surface area contributed by atoms with Crippen molar-refractivity contribution in [1.82, 2.24) is 14.7 Å². The Balaban J connectivity index is 1.51. The first kappa shape index (κ1) is 20.1. The summed E-state index contributed by atoms with van der Waals surface area (Å²) < 4.78 is 27.0. The first-order valence-corrected chi connectivity index (χ1v) is 11.8. The van der Waals surface area contributed by atoms with Gasteiger partial charge in [0.15, 0.2) is 0 Å². The Morgan fingerprint density at radius 1 is 1.03 bits per heavy atom. The van der Waals surface area contributed by atoms with Crippen molar-refractivity contribution in [2.45, 2.75) is 63.2 Å². The summed E-state index contributed by atoms with van der Waals surface area (Å²) in [5.41, 5.74) is 4.44. The molecule has 0 aliphatic heterocycles. The van der Waals surface area contributed by atoms with E-state index in [9.17, 15) is 8.42 Å². The van der Waals surface area contributed by atoms with Crippen molar-refractivity contribution in [3.8, 4) is 11.3 Å². The Morgan fingerprint density at radius 3 is 2.45 bits per heavy atom. The summed E-state index contributed by atoms with van der Waals surface area (Å²) in [5, 5.41) is 1.19. The van der Waals surface area contributed by atoms with E-state index in [0.717, 1.165) is 42.5 Å². The molecule has 2 aromatic heterocycles. The lowest BCUT2D eigenvalue weighted by molar-refractivity contribution is 0.368. The van der Waals surface area contributed by atoms with Crippen LogP contribution in [0.3, 0.4) is 0 Å². The number of hydrogen-bond donors (Lipinski definition) is 2. The van der Waals surface area contributed by atoms with Crippen LogP contribution in [0, 0.1) is 0 Å². The third-order valence-corrected chi connectivity index (χ3v) is 8.17. The summed E-state index contributed by atoms with van der Waals surface area (Å²) in [4.78, 5) is 8.14. The van der Waals surface area contributed by atoms with Crippen molar-refractivity contribution < 1.29 is 8.42 Å². The van der Waals surface area contributed by atoms with Crippen molar-refractivity contribution >= 4 is 20.9 Å². The standard InChI is InChI=1S/C23H29N3O2S/c1-23(2,3)29(27,28)26-18-12-10-16(11-13-18)21-15-17-7-6-8-19(22(17)25-21)20-9-4-5-14-24-20/h4-9,14-16,18,25-26H,10-13H2,1-3H3/t16-,18-. The predicted molar refractivity (Wildman–Crippen MR) is 118 cm³/mol. The van der Waals surface area contributed by atoms with E-state index in [1.54, 1.807) is 20.8 Å². The number of nitrogens with zero attached hydrogens (tertiary/aromatic N) is 1. The maximum Gasteiger partial charge on any atom is 0.216 e. The molecule has 154 valence electrons. The quantitative estimate of drug-likeness (QED) is 0.636. The van der Waals surface area contributed by atoms with Crippen molar-refractivity contribution in [3.63, 3.8) is 0 Å². The molecule has 1 aliphatic rings. The van der Waals surface area contributed by atoms with Gasteiger partial charge < -0.3 is 4.98 Å². The summed E-state index contributed by atoms with van der Waals surface area (Å²) in [6, 6.07) is 14.5. The van der Waals surface area contributed by atoms with Gasteiger partial charge in [-0.3, -0.25) is 4.98 Å².